The summed E-state index contributed by atoms with van der Waals surface area (Å²) < 4.78 is 0. The van der Waals surface area contributed by atoms with Crippen molar-refractivity contribution in [3.8, 4) is 0 Å². The molecule has 1 nitrogen and oxygen atoms in total. The molecule has 1 N–H and O–H groups in total. The number of rotatable bonds is 24. The van der Waals surface area contributed by atoms with Gasteiger partial charge in [-0.3, -0.25) is 0 Å². The van der Waals surface area contributed by atoms with Gasteiger partial charge in [-0.1, -0.05) is 154 Å². The Bertz CT molecular complexity index is 331. The number of unbranched alkanes of at least 4 members (excludes halogenated alkanes) is 22. The van der Waals surface area contributed by atoms with Crippen LogP contribution < -0.4 is 0 Å². The summed E-state index contributed by atoms with van der Waals surface area (Å²) in [6, 6.07) is 0. The van der Waals surface area contributed by atoms with Gasteiger partial charge in [0.1, 0.15) is 0 Å². The van der Waals surface area contributed by atoms with Crippen LogP contribution in [0.5, 0.6) is 0 Å². The van der Waals surface area contributed by atoms with Crippen LogP contribution >= 0.6 is 0 Å². The second kappa shape index (κ2) is 27.3. The number of aliphatic hydroxyl groups excluding tert-OH is 1. The molecule has 0 bridgehead atoms. The van der Waals surface area contributed by atoms with E-state index in [1.54, 1.807) is 6.08 Å². The number of hydrogen-bond acceptors (Lipinski definition) is 1. The predicted octanol–water partition coefficient (Wildman–Crippen LogP) is 10.6. The first kappa shape index (κ1) is 28.3. The Balaban J connectivity index is 3.01. The van der Waals surface area contributed by atoms with Crippen LogP contribution in [-0.2, 0) is 0 Å². The van der Waals surface area contributed by atoms with Crippen LogP contribution in [0.25, 0.3) is 0 Å². The first-order chi connectivity index (χ1) is 14.4. The SMILES string of the molecule is CCCCCCCCCCCCCCCCCCCCCCCCC=CC=CO. The Morgan fingerprint density at radius 2 is 0.724 bits per heavy atom. The van der Waals surface area contributed by atoms with Gasteiger partial charge in [0.05, 0.1) is 6.26 Å². The lowest BCUT2D eigenvalue weighted by Gasteiger charge is -2.04. The molecule has 29 heavy (non-hydrogen) atoms. The van der Waals surface area contributed by atoms with Gasteiger partial charge in [0, 0.05) is 0 Å². The second-order valence-corrected chi connectivity index (χ2v) is 8.98. The molecular formula is C28H54O. The molecular weight excluding hydrogens is 352 g/mol. The third-order valence-corrected chi connectivity index (χ3v) is 6.06. The van der Waals surface area contributed by atoms with Gasteiger partial charge < -0.3 is 5.11 Å². The highest BCUT2D eigenvalue weighted by Gasteiger charge is 1.95. The van der Waals surface area contributed by atoms with Crippen molar-refractivity contribution in [3.05, 3.63) is 24.5 Å². The van der Waals surface area contributed by atoms with Gasteiger partial charge in [0.15, 0.2) is 0 Å². The molecule has 0 aliphatic carbocycles. The molecule has 0 aromatic heterocycles. The Hall–Kier alpha value is -0.720. The van der Waals surface area contributed by atoms with Crippen LogP contribution in [0.1, 0.15) is 155 Å². The quantitative estimate of drug-likeness (QED) is 0.0959. The normalized spacial score (nSPS) is 11.9. The average molecular weight is 407 g/mol. The highest BCUT2D eigenvalue weighted by Crippen LogP contribution is 2.15. The van der Waals surface area contributed by atoms with Gasteiger partial charge in [-0.15, -0.1) is 0 Å². The van der Waals surface area contributed by atoms with E-state index in [4.69, 9.17) is 5.11 Å². The van der Waals surface area contributed by atoms with Gasteiger partial charge in [-0.2, -0.15) is 0 Å². The minimum Gasteiger partial charge on any atom is -0.516 e. The van der Waals surface area contributed by atoms with Crippen molar-refractivity contribution in [1.82, 2.24) is 0 Å². The molecule has 0 unspecified atom stereocenters. The van der Waals surface area contributed by atoms with Crippen molar-refractivity contribution in [2.45, 2.75) is 155 Å². The van der Waals surface area contributed by atoms with Crippen molar-refractivity contribution in [3.63, 3.8) is 0 Å². The summed E-state index contributed by atoms with van der Waals surface area (Å²) in [5.74, 6) is 0. The molecule has 0 aliphatic rings. The molecule has 0 rings (SSSR count). The number of aliphatic hydroxyl groups is 1. The molecule has 0 spiro atoms. The summed E-state index contributed by atoms with van der Waals surface area (Å²) >= 11 is 0. The fourth-order valence-corrected chi connectivity index (χ4v) is 4.10. The van der Waals surface area contributed by atoms with Gasteiger partial charge >= 0.3 is 0 Å². The predicted molar refractivity (Wildman–Crippen MR) is 133 cm³/mol. The van der Waals surface area contributed by atoms with E-state index in [-0.39, 0.29) is 0 Å². The van der Waals surface area contributed by atoms with E-state index >= 15 is 0 Å². The van der Waals surface area contributed by atoms with E-state index in [1.165, 1.54) is 141 Å². The van der Waals surface area contributed by atoms with Crippen molar-refractivity contribution in [2.24, 2.45) is 0 Å². The highest BCUT2D eigenvalue weighted by molar-refractivity contribution is 4.98. The van der Waals surface area contributed by atoms with E-state index in [9.17, 15) is 0 Å². The average Bonchev–Trinajstić information content (AvgIpc) is 2.74. The van der Waals surface area contributed by atoms with Gasteiger partial charge in [-0.25, -0.2) is 0 Å². The van der Waals surface area contributed by atoms with E-state index in [0.717, 1.165) is 12.7 Å². The lowest BCUT2D eigenvalue weighted by molar-refractivity contribution is 0.473. The molecule has 1 heteroatoms. The monoisotopic (exact) mass is 406 g/mol. The molecule has 0 radical (unpaired) electrons. The van der Waals surface area contributed by atoms with E-state index in [0.29, 0.717) is 0 Å². The first-order valence-electron chi connectivity index (χ1n) is 13.4. The molecule has 172 valence electrons. The summed E-state index contributed by atoms with van der Waals surface area (Å²) in [6.45, 7) is 2.30. The minimum atomic E-state index is 1.09. The van der Waals surface area contributed by atoms with Gasteiger partial charge in [0.25, 0.3) is 0 Å². The Kier molecular flexibility index (Phi) is 26.6. The largest absolute Gasteiger partial charge is 0.516 e. The van der Waals surface area contributed by atoms with Crippen molar-refractivity contribution < 1.29 is 5.11 Å². The highest BCUT2D eigenvalue weighted by atomic mass is 16.2. The van der Waals surface area contributed by atoms with Crippen LogP contribution in [0.15, 0.2) is 24.5 Å². The van der Waals surface area contributed by atoms with Crippen LogP contribution in [0.2, 0.25) is 0 Å². The summed E-state index contributed by atoms with van der Waals surface area (Å²) in [7, 11) is 0. The smallest absolute Gasteiger partial charge is 0.0791 e. The molecule has 0 fully saturated rings. The minimum absolute atomic E-state index is 1.09. The van der Waals surface area contributed by atoms with E-state index < -0.39 is 0 Å². The maximum Gasteiger partial charge on any atom is 0.0791 e. The van der Waals surface area contributed by atoms with Crippen molar-refractivity contribution in [2.75, 3.05) is 0 Å². The number of allylic oxidation sites excluding steroid dienone is 3. The van der Waals surface area contributed by atoms with Crippen molar-refractivity contribution >= 4 is 0 Å². The standard InChI is InChI=1S/C28H54O/c1-2-3-4-5-6-7-8-9-10-11-12-13-14-15-16-17-18-19-20-21-22-23-24-25-26-27-28-29/h25-29H,2-24H2,1H3. The molecule has 0 heterocycles. The third kappa shape index (κ3) is 27.3. The van der Waals surface area contributed by atoms with Crippen LogP contribution in [0.4, 0.5) is 0 Å². The van der Waals surface area contributed by atoms with Crippen LogP contribution in [0.3, 0.4) is 0 Å². The van der Waals surface area contributed by atoms with E-state index in [1.807, 2.05) is 6.08 Å². The molecule has 0 saturated heterocycles. The van der Waals surface area contributed by atoms with Crippen LogP contribution in [0, 0.1) is 0 Å². The van der Waals surface area contributed by atoms with Gasteiger partial charge in [-0.05, 0) is 18.9 Å². The van der Waals surface area contributed by atoms with Crippen LogP contribution in [-0.4, -0.2) is 5.11 Å². The molecule has 0 amide bonds. The summed E-state index contributed by atoms with van der Waals surface area (Å²) in [5.41, 5.74) is 0. The summed E-state index contributed by atoms with van der Waals surface area (Å²) in [6.07, 6.45) is 39.7. The summed E-state index contributed by atoms with van der Waals surface area (Å²) in [5, 5.41) is 8.52. The fourth-order valence-electron chi connectivity index (χ4n) is 4.10. The van der Waals surface area contributed by atoms with Crippen molar-refractivity contribution in [1.29, 1.82) is 0 Å². The Morgan fingerprint density at radius 3 is 1.03 bits per heavy atom. The molecule has 0 saturated carbocycles. The second-order valence-electron chi connectivity index (χ2n) is 8.98. The first-order valence-corrected chi connectivity index (χ1v) is 13.4. The Morgan fingerprint density at radius 1 is 0.414 bits per heavy atom. The lowest BCUT2D eigenvalue weighted by Crippen LogP contribution is -1.84. The number of hydrogen-bond donors (Lipinski definition) is 1. The molecule has 0 aromatic rings. The zero-order valence-corrected chi connectivity index (χ0v) is 20.0. The summed E-state index contributed by atoms with van der Waals surface area (Å²) in [4.78, 5) is 0. The lowest BCUT2D eigenvalue weighted by atomic mass is 10.0. The topological polar surface area (TPSA) is 20.2 Å². The van der Waals surface area contributed by atoms with Gasteiger partial charge in [0.2, 0.25) is 0 Å². The maximum atomic E-state index is 8.52. The molecule has 0 aromatic carbocycles. The van der Waals surface area contributed by atoms with E-state index in [2.05, 4.69) is 13.0 Å². The fraction of sp³-hybridized carbons (Fsp3) is 0.857. The zero-order chi connectivity index (χ0) is 21.1. The maximum absolute atomic E-state index is 8.52. The third-order valence-electron chi connectivity index (χ3n) is 6.06. The Labute approximate surface area is 184 Å². The zero-order valence-electron chi connectivity index (χ0n) is 20.0. The molecule has 0 atom stereocenters. The molecule has 0 aliphatic heterocycles.